The van der Waals surface area contributed by atoms with Crippen LogP contribution in [0.15, 0.2) is 48.5 Å². The van der Waals surface area contributed by atoms with Gasteiger partial charge in [0.05, 0.1) is 12.7 Å². The summed E-state index contributed by atoms with van der Waals surface area (Å²) in [6.45, 7) is 0.600. The monoisotopic (exact) mass is 334 g/mol. The van der Waals surface area contributed by atoms with Gasteiger partial charge in [-0.2, -0.15) is 0 Å². The molecular weight excluding hydrogens is 320 g/mol. The molecule has 0 unspecified atom stereocenters. The van der Waals surface area contributed by atoms with E-state index in [1.807, 2.05) is 24.3 Å². The van der Waals surface area contributed by atoms with Gasteiger partial charge >= 0.3 is 5.97 Å². The molecule has 6 heteroatoms. The molecule has 22 heavy (non-hydrogen) atoms. The summed E-state index contributed by atoms with van der Waals surface area (Å²) in [4.78, 5) is 11.3. The summed E-state index contributed by atoms with van der Waals surface area (Å²) in [6, 6.07) is 14.4. The van der Waals surface area contributed by atoms with E-state index in [1.54, 1.807) is 24.3 Å². The molecule has 0 saturated carbocycles. The van der Waals surface area contributed by atoms with Crippen LogP contribution in [0, 0.1) is 0 Å². The lowest BCUT2D eigenvalue weighted by Gasteiger charge is -2.11. The van der Waals surface area contributed by atoms with E-state index in [0.29, 0.717) is 22.2 Å². The van der Waals surface area contributed by atoms with Crippen LogP contribution in [-0.2, 0) is 11.3 Å². The topological polar surface area (TPSA) is 50.4 Å². The van der Waals surface area contributed by atoms with Gasteiger partial charge in [0.25, 0.3) is 0 Å². The van der Waals surface area contributed by atoms with Gasteiger partial charge in [0, 0.05) is 17.3 Å². The first kappa shape index (κ1) is 16.3. The van der Waals surface area contributed by atoms with Gasteiger partial charge in [0.1, 0.15) is 0 Å². The van der Waals surface area contributed by atoms with Crippen LogP contribution < -0.4 is 10.6 Å². The second-order valence-corrected chi connectivity index (χ2v) is 5.35. The molecule has 0 atom stereocenters. The fourth-order valence-corrected chi connectivity index (χ4v) is 2.08. The number of rotatable bonds is 4. The quantitative estimate of drug-likeness (QED) is 0.660. The molecule has 0 aromatic heterocycles. The van der Waals surface area contributed by atoms with Gasteiger partial charge in [0.2, 0.25) is 0 Å². The molecule has 2 aromatic carbocycles. The van der Waals surface area contributed by atoms with E-state index < -0.39 is 0 Å². The van der Waals surface area contributed by atoms with Crippen molar-refractivity contribution in [2.45, 2.75) is 6.54 Å². The van der Waals surface area contributed by atoms with Crippen LogP contribution in [0.2, 0.25) is 5.02 Å². The van der Waals surface area contributed by atoms with Gasteiger partial charge in [-0.25, -0.2) is 4.79 Å². The number of nitrogens with one attached hydrogen (secondary N) is 2. The largest absolute Gasteiger partial charge is 0.465 e. The second kappa shape index (κ2) is 7.77. The van der Waals surface area contributed by atoms with Gasteiger partial charge in [-0.05, 0) is 54.2 Å². The molecular formula is C16H15ClN2O2S. The number of anilines is 1. The number of carbonyl (C=O) groups is 1. The van der Waals surface area contributed by atoms with Crippen LogP contribution in [0.4, 0.5) is 5.69 Å². The molecule has 0 aliphatic carbocycles. The molecule has 0 heterocycles. The van der Waals surface area contributed by atoms with Crippen LogP contribution >= 0.6 is 23.8 Å². The van der Waals surface area contributed by atoms with E-state index in [0.717, 1.165) is 11.3 Å². The second-order valence-electron chi connectivity index (χ2n) is 4.50. The summed E-state index contributed by atoms with van der Waals surface area (Å²) in [5, 5.41) is 7.36. The minimum Gasteiger partial charge on any atom is -0.465 e. The summed E-state index contributed by atoms with van der Waals surface area (Å²) >= 11 is 11.1. The molecule has 2 aromatic rings. The van der Waals surface area contributed by atoms with E-state index >= 15 is 0 Å². The molecule has 4 nitrogen and oxygen atoms in total. The molecule has 2 N–H and O–H groups in total. The lowest BCUT2D eigenvalue weighted by molar-refractivity contribution is 0.0601. The molecule has 0 spiro atoms. The third-order valence-corrected chi connectivity index (χ3v) is 3.43. The predicted octanol–water partition coefficient (Wildman–Crippen LogP) is 3.61. The van der Waals surface area contributed by atoms with Crippen LogP contribution in [0.25, 0.3) is 0 Å². The van der Waals surface area contributed by atoms with E-state index in [4.69, 9.17) is 23.8 Å². The Morgan fingerprint density at radius 2 is 1.77 bits per heavy atom. The van der Waals surface area contributed by atoms with Crippen LogP contribution in [-0.4, -0.2) is 18.2 Å². The number of methoxy groups -OCH3 is 1. The molecule has 0 amide bonds. The molecule has 0 bridgehead atoms. The van der Waals surface area contributed by atoms with E-state index in [2.05, 4.69) is 15.4 Å². The third kappa shape index (κ3) is 4.72. The Morgan fingerprint density at radius 3 is 2.36 bits per heavy atom. The molecule has 0 aliphatic rings. The number of thiocarbonyl (C=S) groups is 1. The first-order valence-electron chi connectivity index (χ1n) is 6.56. The van der Waals surface area contributed by atoms with Gasteiger partial charge in [-0.15, -0.1) is 0 Å². The smallest absolute Gasteiger partial charge is 0.337 e. The number of hydrogen-bond donors (Lipinski definition) is 2. The molecule has 0 radical (unpaired) electrons. The Bertz CT molecular complexity index is 657. The highest BCUT2D eigenvalue weighted by Gasteiger charge is 2.05. The predicted molar refractivity (Wildman–Crippen MR) is 92.3 cm³/mol. The van der Waals surface area contributed by atoms with Crippen molar-refractivity contribution in [3.63, 3.8) is 0 Å². The zero-order valence-corrected chi connectivity index (χ0v) is 13.5. The Hall–Kier alpha value is -2.11. The summed E-state index contributed by atoms with van der Waals surface area (Å²) in [5.74, 6) is -0.366. The third-order valence-electron chi connectivity index (χ3n) is 2.93. The lowest BCUT2D eigenvalue weighted by Crippen LogP contribution is -2.27. The average Bonchev–Trinajstić information content (AvgIpc) is 2.54. The van der Waals surface area contributed by atoms with Crippen molar-refractivity contribution in [3.8, 4) is 0 Å². The van der Waals surface area contributed by atoms with Crippen molar-refractivity contribution in [2.24, 2.45) is 0 Å². The Morgan fingerprint density at radius 1 is 1.14 bits per heavy atom. The van der Waals surface area contributed by atoms with E-state index in [9.17, 15) is 4.79 Å². The lowest BCUT2D eigenvalue weighted by atomic mass is 10.2. The first-order valence-corrected chi connectivity index (χ1v) is 7.35. The number of ether oxygens (including phenoxy) is 1. The summed E-state index contributed by atoms with van der Waals surface area (Å²) in [5.41, 5.74) is 2.36. The van der Waals surface area contributed by atoms with Gasteiger partial charge in [-0.3, -0.25) is 0 Å². The highest BCUT2D eigenvalue weighted by atomic mass is 35.5. The zero-order valence-electron chi connectivity index (χ0n) is 11.9. The van der Waals surface area contributed by atoms with Gasteiger partial charge in [0.15, 0.2) is 5.11 Å². The van der Waals surface area contributed by atoms with Gasteiger partial charge in [-0.1, -0.05) is 23.7 Å². The van der Waals surface area contributed by atoms with Crippen molar-refractivity contribution >= 4 is 40.6 Å². The van der Waals surface area contributed by atoms with Crippen LogP contribution in [0.1, 0.15) is 15.9 Å². The van der Waals surface area contributed by atoms with E-state index in [1.165, 1.54) is 7.11 Å². The fourth-order valence-electron chi connectivity index (χ4n) is 1.77. The number of carbonyl (C=O) groups excluding carboxylic acids is 1. The SMILES string of the molecule is COC(=O)c1ccc(NC(=S)NCc2ccc(Cl)cc2)cc1. The molecule has 0 aliphatic heterocycles. The standard InChI is InChI=1S/C16H15ClN2O2S/c1-21-15(20)12-4-8-14(9-5-12)19-16(22)18-10-11-2-6-13(17)7-3-11/h2-9H,10H2,1H3,(H2,18,19,22). The molecule has 0 saturated heterocycles. The average molecular weight is 335 g/mol. The van der Waals surface area contributed by atoms with Crippen molar-refractivity contribution < 1.29 is 9.53 Å². The Balaban J connectivity index is 1.86. The summed E-state index contributed by atoms with van der Waals surface area (Å²) in [6.07, 6.45) is 0. The molecule has 0 fully saturated rings. The van der Waals surface area contributed by atoms with Crippen molar-refractivity contribution in [1.82, 2.24) is 5.32 Å². The number of hydrogen-bond acceptors (Lipinski definition) is 3. The fraction of sp³-hybridized carbons (Fsp3) is 0.125. The Kier molecular flexibility index (Phi) is 5.75. The Labute approximate surface area is 139 Å². The number of benzene rings is 2. The maximum Gasteiger partial charge on any atom is 0.337 e. The molecule has 2 rings (SSSR count). The highest BCUT2D eigenvalue weighted by Crippen LogP contribution is 2.11. The minimum absolute atomic E-state index is 0.366. The summed E-state index contributed by atoms with van der Waals surface area (Å²) in [7, 11) is 1.35. The maximum atomic E-state index is 11.3. The van der Waals surface area contributed by atoms with E-state index in [-0.39, 0.29) is 5.97 Å². The molecule has 114 valence electrons. The van der Waals surface area contributed by atoms with Crippen molar-refractivity contribution in [2.75, 3.05) is 12.4 Å². The van der Waals surface area contributed by atoms with Crippen molar-refractivity contribution in [3.05, 3.63) is 64.7 Å². The summed E-state index contributed by atoms with van der Waals surface area (Å²) < 4.78 is 4.65. The van der Waals surface area contributed by atoms with Crippen LogP contribution in [0.5, 0.6) is 0 Å². The maximum absolute atomic E-state index is 11.3. The van der Waals surface area contributed by atoms with Gasteiger partial charge < -0.3 is 15.4 Å². The zero-order chi connectivity index (χ0) is 15.9. The number of halogens is 1. The van der Waals surface area contributed by atoms with Crippen molar-refractivity contribution in [1.29, 1.82) is 0 Å². The first-order chi connectivity index (χ1) is 10.6. The van der Waals surface area contributed by atoms with Crippen LogP contribution in [0.3, 0.4) is 0 Å². The number of esters is 1. The minimum atomic E-state index is -0.366. The highest BCUT2D eigenvalue weighted by molar-refractivity contribution is 7.80. The normalized spacial score (nSPS) is 9.91.